The predicted molar refractivity (Wildman–Crippen MR) is 65.6 cm³/mol. The molecule has 16 heavy (non-hydrogen) atoms. The van der Waals surface area contributed by atoms with Gasteiger partial charge in [-0.2, -0.15) is 0 Å². The number of likely N-dealkylation sites (N-methyl/N-ethyl adjacent to an activating group) is 2. The zero-order valence-corrected chi connectivity index (χ0v) is 10.1. The normalized spacial score (nSPS) is 19.1. The molecule has 0 aliphatic carbocycles. The van der Waals surface area contributed by atoms with Crippen LogP contribution in [-0.2, 0) is 11.2 Å². The van der Waals surface area contributed by atoms with Crippen molar-refractivity contribution in [3.63, 3.8) is 0 Å². The summed E-state index contributed by atoms with van der Waals surface area (Å²) >= 11 is 0. The number of fused-ring (bicyclic) bond motifs is 1. The van der Waals surface area contributed by atoms with E-state index in [0.29, 0.717) is 0 Å². The van der Waals surface area contributed by atoms with E-state index in [-0.39, 0.29) is 11.9 Å². The van der Waals surface area contributed by atoms with Crippen molar-refractivity contribution in [3.8, 4) is 0 Å². The molecule has 0 radical (unpaired) electrons. The molecule has 2 rings (SSSR count). The maximum absolute atomic E-state index is 12.0. The van der Waals surface area contributed by atoms with Crippen molar-refractivity contribution in [1.29, 1.82) is 0 Å². The highest BCUT2D eigenvalue weighted by atomic mass is 16.2. The molecule has 1 heterocycles. The van der Waals surface area contributed by atoms with Crippen LogP contribution in [0.5, 0.6) is 0 Å². The quantitative estimate of drug-likeness (QED) is 0.840. The number of carbonyl (C=O) groups excluding carboxylic acids is 1. The van der Waals surface area contributed by atoms with E-state index in [1.807, 2.05) is 20.0 Å². The second-order valence-electron chi connectivity index (χ2n) is 4.13. The molecule has 0 aromatic heterocycles. The van der Waals surface area contributed by atoms with Crippen molar-refractivity contribution >= 4 is 11.6 Å². The average Bonchev–Trinajstić information content (AvgIpc) is 2.54. The zero-order valence-electron chi connectivity index (χ0n) is 10.1. The van der Waals surface area contributed by atoms with Crippen LogP contribution in [0.25, 0.3) is 0 Å². The van der Waals surface area contributed by atoms with E-state index in [1.54, 1.807) is 4.90 Å². The Morgan fingerprint density at radius 3 is 2.75 bits per heavy atom. The van der Waals surface area contributed by atoms with Gasteiger partial charge in [0.2, 0.25) is 5.91 Å². The molecule has 1 amide bonds. The summed E-state index contributed by atoms with van der Waals surface area (Å²) in [5.74, 6) is 0.144. The summed E-state index contributed by atoms with van der Waals surface area (Å²) in [5.41, 5.74) is 3.44. The third kappa shape index (κ3) is 1.61. The molecule has 0 fully saturated rings. The van der Waals surface area contributed by atoms with Crippen LogP contribution in [0.2, 0.25) is 0 Å². The largest absolute Gasteiger partial charge is 0.313 e. The number of hydrogen-bond acceptors (Lipinski definition) is 2. The molecule has 0 saturated heterocycles. The van der Waals surface area contributed by atoms with Crippen molar-refractivity contribution < 1.29 is 4.79 Å². The average molecular weight is 218 g/mol. The van der Waals surface area contributed by atoms with E-state index in [0.717, 1.165) is 24.2 Å². The third-order valence-electron chi connectivity index (χ3n) is 3.16. The number of anilines is 1. The van der Waals surface area contributed by atoms with Crippen molar-refractivity contribution in [1.82, 2.24) is 5.32 Å². The summed E-state index contributed by atoms with van der Waals surface area (Å²) < 4.78 is 0. The van der Waals surface area contributed by atoms with Gasteiger partial charge in [0, 0.05) is 18.3 Å². The Kier molecular flexibility index (Phi) is 2.97. The molecular formula is C13H18N2O. The van der Waals surface area contributed by atoms with E-state index >= 15 is 0 Å². The van der Waals surface area contributed by atoms with Gasteiger partial charge in [0.05, 0.1) is 0 Å². The number of rotatable bonds is 3. The smallest absolute Gasteiger partial charge is 0.248 e. The van der Waals surface area contributed by atoms with E-state index in [2.05, 4.69) is 24.4 Å². The Balaban J connectivity index is 2.44. The standard InChI is InChI=1S/C13H18N2O/c1-4-9-6-7-11-10(8-9)12(14-5-2)13(16)15(11)3/h6-8,12,14H,4-5H2,1-3H3. The molecular weight excluding hydrogens is 200 g/mol. The Morgan fingerprint density at radius 2 is 2.12 bits per heavy atom. The number of hydrogen-bond donors (Lipinski definition) is 1. The van der Waals surface area contributed by atoms with Gasteiger partial charge in [-0.25, -0.2) is 0 Å². The van der Waals surface area contributed by atoms with Crippen LogP contribution in [0.4, 0.5) is 5.69 Å². The van der Waals surface area contributed by atoms with Gasteiger partial charge in [-0.05, 0) is 24.6 Å². The fourth-order valence-corrected chi connectivity index (χ4v) is 2.21. The lowest BCUT2D eigenvalue weighted by Crippen LogP contribution is -2.32. The summed E-state index contributed by atoms with van der Waals surface area (Å²) in [7, 11) is 1.84. The SMILES string of the molecule is CCNC1C(=O)N(C)c2ccc(CC)cc21. The fourth-order valence-electron chi connectivity index (χ4n) is 2.21. The van der Waals surface area contributed by atoms with Gasteiger partial charge in [0.15, 0.2) is 0 Å². The molecule has 1 atom stereocenters. The van der Waals surface area contributed by atoms with Crippen LogP contribution in [0, 0.1) is 0 Å². The van der Waals surface area contributed by atoms with Gasteiger partial charge < -0.3 is 10.2 Å². The first kappa shape index (κ1) is 11.1. The Morgan fingerprint density at radius 1 is 1.38 bits per heavy atom. The van der Waals surface area contributed by atoms with E-state index in [9.17, 15) is 4.79 Å². The lowest BCUT2D eigenvalue weighted by atomic mass is 10.0. The molecule has 1 aromatic carbocycles. The van der Waals surface area contributed by atoms with Crippen molar-refractivity contribution in [3.05, 3.63) is 29.3 Å². The van der Waals surface area contributed by atoms with Gasteiger partial charge in [0.25, 0.3) is 0 Å². The number of amides is 1. The molecule has 0 saturated carbocycles. The number of carbonyl (C=O) groups is 1. The van der Waals surface area contributed by atoms with Gasteiger partial charge in [-0.1, -0.05) is 26.0 Å². The van der Waals surface area contributed by atoms with Gasteiger partial charge in [0.1, 0.15) is 6.04 Å². The second kappa shape index (κ2) is 4.26. The molecule has 1 aliphatic heterocycles. The highest BCUT2D eigenvalue weighted by molar-refractivity contribution is 6.04. The van der Waals surface area contributed by atoms with Crippen LogP contribution >= 0.6 is 0 Å². The molecule has 1 unspecified atom stereocenters. The van der Waals surface area contributed by atoms with Crippen LogP contribution < -0.4 is 10.2 Å². The molecule has 0 bridgehead atoms. The summed E-state index contributed by atoms with van der Waals surface area (Å²) in [5, 5.41) is 3.24. The molecule has 3 heteroatoms. The Hall–Kier alpha value is -1.35. The van der Waals surface area contributed by atoms with Crippen LogP contribution in [0.1, 0.15) is 31.0 Å². The Labute approximate surface area is 96.5 Å². The fraction of sp³-hybridized carbons (Fsp3) is 0.462. The molecule has 1 aromatic rings. The van der Waals surface area contributed by atoms with Gasteiger partial charge in [-0.15, -0.1) is 0 Å². The van der Waals surface area contributed by atoms with Crippen molar-refractivity contribution in [2.45, 2.75) is 26.3 Å². The maximum Gasteiger partial charge on any atom is 0.248 e. The molecule has 0 spiro atoms. The summed E-state index contributed by atoms with van der Waals surface area (Å²) in [6.07, 6.45) is 1.00. The number of nitrogens with one attached hydrogen (secondary N) is 1. The van der Waals surface area contributed by atoms with Crippen LogP contribution in [0.15, 0.2) is 18.2 Å². The molecule has 1 aliphatic rings. The summed E-state index contributed by atoms with van der Waals surface area (Å²) in [6, 6.07) is 6.13. The van der Waals surface area contributed by atoms with E-state index in [1.165, 1.54) is 5.56 Å². The van der Waals surface area contributed by atoms with Crippen LogP contribution in [-0.4, -0.2) is 19.5 Å². The summed E-state index contributed by atoms with van der Waals surface area (Å²) in [6.45, 7) is 4.96. The third-order valence-corrected chi connectivity index (χ3v) is 3.16. The highest BCUT2D eigenvalue weighted by Crippen LogP contribution is 2.35. The monoisotopic (exact) mass is 218 g/mol. The minimum atomic E-state index is -0.156. The van der Waals surface area contributed by atoms with Crippen LogP contribution in [0.3, 0.4) is 0 Å². The number of nitrogens with zero attached hydrogens (tertiary/aromatic N) is 1. The lowest BCUT2D eigenvalue weighted by molar-refractivity contribution is -0.119. The summed E-state index contributed by atoms with van der Waals surface area (Å²) in [4.78, 5) is 13.8. The lowest BCUT2D eigenvalue weighted by Gasteiger charge is -2.11. The van der Waals surface area contributed by atoms with Gasteiger partial charge >= 0.3 is 0 Å². The first-order chi connectivity index (χ1) is 7.69. The highest BCUT2D eigenvalue weighted by Gasteiger charge is 2.34. The minimum Gasteiger partial charge on any atom is -0.313 e. The van der Waals surface area contributed by atoms with Gasteiger partial charge in [-0.3, -0.25) is 4.79 Å². The first-order valence-corrected chi connectivity index (χ1v) is 5.82. The van der Waals surface area contributed by atoms with Crippen molar-refractivity contribution in [2.75, 3.05) is 18.5 Å². The van der Waals surface area contributed by atoms with E-state index < -0.39 is 0 Å². The molecule has 86 valence electrons. The second-order valence-corrected chi connectivity index (χ2v) is 4.13. The number of benzene rings is 1. The van der Waals surface area contributed by atoms with E-state index in [4.69, 9.17) is 0 Å². The number of aryl methyl sites for hydroxylation is 1. The zero-order chi connectivity index (χ0) is 11.7. The van der Waals surface area contributed by atoms with Crippen molar-refractivity contribution in [2.24, 2.45) is 0 Å². The minimum absolute atomic E-state index is 0.144. The topological polar surface area (TPSA) is 32.3 Å². The maximum atomic E-state index is 12.0. The predicted octanol–water partition coefficient (Wildman–Crippen LogP) is 1.88. The molecule has 1 N–H and O–H groups in total. The molecule has 3 nitrogen and oxygen atoms in total. The first-order valence-electron chi connectivity index (χ1n) is 5.82. The Bertz CT molecular complexity index is 414.